The Kier molecular flexibility index (Phi) is 4.67. The molecule has 3 aromatic rings. The zero-order chi connectivity index (χ0) is 20.6. The van der Waals surface area contributed by atoms with E-state index < -0.39 is 11.7 Å². The number of carbonyl (C=O) groups excluding carboxylic acids is 1. The Labute approximate surface area is 167 Å². The van der Waals surface area contributed by atoms with Crippen LogP contribution in [-0.2, 0) is 9.47 Å². The number of hydrogen-bond acceptors (Lipinski definition) is 8. The number of hydrogen-bond donors (Lipinski definition) is 3. The maximum Gasteiger partial charge on any atom is 0.413 e. The molecule has 9 nitrogen and oxygen atoms in total. The third-order valence-corrected chi connectivity index (χ3v) is 5.03. The Morgan fingerprint density at radius 3 is 2.86 bits per heavy atom. The van der Waals surface area contributed by atoms with Crippen LogP contribution in [0, 0.1) is 6.92 Å². The number of nitrogens with two attached hydrogens (primary N) is 2. The number of nitrogens with one attached hydrogen (secondary N) is 1. The summed E-state index contributed by atoms with van der Waals surface area (Å²) in [4.78, 5) is 25.1. The van der Waals surface area contributed by atoms with E-state index in [1.807, 2.05) is 19.9 Å². The summed E-state index contributed by atoms with van der Waals surface area (Å²) in [5, 5.41) is 4.12. The molecule has 0 bridgehead atoms. The Morgan fingerprint density at radius 1 is 1.28 bits per heavy atom. The molecule has 0 aliphatic carbocycles. The van der Waals surface area contributed by atoms with Gasteiger partial charge in [0.25, 0.3) is 0 Å². The minimum absolute atomic E-state index is 0.330. The van der Waals surface area contributed by atoms with Crippen LogP contribution in [-0.4, -0.2) is 39.9 Å². The van der Waals surface area contributed by atoms with Gasteiger partial charge in [0.15, 0.2) is 0 Å². The van der Waals surface area contributed by atoms with Gasteiger partial charge in [-0.15, -0.1) is 0 Å². The fourth-order valence-electron chi connectivity index (χ4n) is 3.26. The van der Waals surface area contributed by atoms with E-state index in [2.05, 4.69) is 20.3 Å². The summed E-state index contributed by atoms with van der Waals surface area (Å²) in [6.45, 7) is 4.70. The smallest absolute Gasteiger partial charge is 0.413 e. The van der Waals surface area contributed by atoms with Crippen molar-refractivity contribution >= 4 is 34.2 Å². The first-order chi connectivity index (χ1) is 13.8. The van der Waals surface area contributed by atoms with Crippen LogP contribution < -0.4 is 16.8 Å². The molecule has 0 spiro atoms. The average molecular weight is 394 g/mol. The quantitative estimate of drug-likeness (QED) is 0.616. The summed E-state index contributed by atoms with van der Waals surface area (Å²) in [5.74, 6) is 0.681. The number of nitrogens with zero attached hydrogens (tertiary/aromatic N) is 3. The number of fused-ring (bicyclic) bond motifs is 1. The monoisotopic (exact) mass is 394 g/mol. The lowest BCUT2D eigenvalue weighted by molar-refractivity contribution is 0.0241. The molecule has 1 aliphatic rings. The van der Waals surface area contributed by atoms with Gasteiger partial charge in [-0.05, 0) is 36.9 Å². The molecule has 0 saturated carbocycles. The van der Waals surface area contributed by atoms with Gasteiger partial charge in [0.05, 0.1) is 30.8 Å². The molecule has 0 aromatic carbocycles. The molecule has 3 aromatic heterocycles. The third kappa shape index (κ3) is 3.77. The van der Waals surface area contributed by atoms with E-state index in [9.17, 15) is 4.79 Å². The molecule has 29 heavy (non-hydrogen) atoms. The highest BCUT2D eigenvalue weighted by Crippen LogP contribution is 2.30. The number of pyridine rings is 3. The average Bonchev–Trinajstić information content (AvgIpc) is 3.09. The molecule has 150 valence electrons. The predicted octanol–water partition coefficient (Wildman–Crippen LogP) is 2.89. The molecule has 1 fully saturated rings. The molecule has 1 amide bonds. The van der Waals surface area contributed by atoms with Crippen molar-refractivity contribution in [1.82, 2.24) is 15.0 Å². The van der Waals surface area contributed by atoms with Crippen molar-refractivity contribution in [2.75, 3.05) is 30.0 Å². The van der Waals surface area contributed by atoms with Gasteiger partial charge in [-0.25, -0.2) is 14.8 Å². The molecular weight excluding hydrogens is 372 g/mol. The van der Waals surface area contributed by atoms with Crippen LogP contribution in [0.4, 0.5) is 22.1 Å². The topological polar surface area (TPSA) is 138 Å². The van der Waals surface area contributed by atoms with Gasteiger partial charge in [0.2, 0.25) is 0 Å². The van der Waals surface area contributed by atoms with Gasteiger partial charge in [-0.3, -0.25) is 10.3 Å². The zero-order valence-corrected chi connectivity index (χ0v) is 16.2. The second-order valence-electron chi connectivity index (χ2n) is 7.35. The van der Waals surface area contributed by atoms with Crippen molar-refractivity contribution in [2.45, 2.75) is 25.9 Å². The van der Waals surface area contributed by atoms with Crippen LogP contribution in [0.3, 0.4) is 0 Å². The van der Waals surface area contributed by atoms with Gasteiger partial charge in [-0.2, -0.15) is 0 Å². The zero-order valence-electron chi connectivity index (χ0n) is 16.2. The van der Waals surface area contributed by atoms with E-state index in [1.54, 1.807) is 24.7 Å². The molecule has 4 rings (SSSR count). The fraction of sp³-hybridized carbons (Fsp3) is 0.300. The Hall–Kier alpha value is -3.46. The maximum absolute atomic E-state index is 12.3. The highest BCUT2D eigenvalue weighted by molar-refractivity contribution is 5.96. The van der Waals surface area contributed by atoms with Crippen LogP contribution in [0.25, 0.3) is 22.0 Å². The van der Waals surface area contributed by atoms with E-state index in [0.717, 1.165) is 16.5 Å². The van der Waals surface area contributed by atoms with E-state index in [4.69, 9.17) is 20.9 Å². The second-order valence-corrected chi connectivity index (χ2v) is 7.35. The molecule has 1 saturated heterocycles. The van der Waals surface area contributed by atoms with E-state index in [0.29, 0.717) is 48.0 Å². The van der Waals surface area contributed by atoms with Crippen molar-refractivity contribution < 1.29 is 14.3 Å². The molecule has 0 unspecified atom stereocenters. The van der Waals surface area contributed by atoms with Crippen LogP contribution in [0.15, 0.2) is 30.7 Å². The minimum atomic E-state index is -0.625. The molecule has 4 heterocycles. The van der Waals surface area contributed by atoms with Crippen LogP contribution >= 0.6 is 0 Å². The molecule has 5 N–H and O–H groups in total. The van der Waals surface area contributed by atoms with Crippen LogP contribution in [0.2, 0.25) is 0 Å². The van der Waals surface area contributed by atoms with Crippen molar-refractivity contribution in [1.29, 1.82) is 0 Å². The lowest BCUT2D eigenvalue weighted by Crippen LogP contribution is -2.34. The summed E-state index contributed by atoms with van der Waals surface area (Å²) in [5.41, 5.74) is 14.3. The van der Waals surface area contributed by atoms with Crippen molar-refractivity contribution in [3.05, 3.63) is 36.3 Å². The lowest BCUT2D eigenvalue weighted by atomic mass is 10.0. The number of rotatable bonds is 3. The summed E-state index contributed by atoms with van der Waals surface area (Å²) in [7, 11) is 0. The largest absolute Gasteiger partial charge is 0.440 e. The Morgan fingerprint density at radius 2 is 2.10 bits per heavy atom. The summed E-state index contributed by atoms with van der Waals surface area (Å²) < 4.78 is 10.8. The van der Waals surface area contributed by atoms with Gasteiger partial charge in [-0.1, -0.05) is 0 Å². The molecular formula is C20H22N6O3. The lowest BCUT2D eigenvalue weighted by Gasteiger charge is -2.22. The van der Waals surface area contributed by atoms with E-state index in [1.165, 1.54) is 0 Å². The van der Waals surface area contributed by atoms with Crippen molar-refractivity contribution in [2.24, 2.45) is 0 Å². The molecule has 1 atom stereocenters. The summed E-state index contributed by atoms with van der Waals surface area (Å²) >= 11 is 0. The van der Waals surface area contributed by atoms with Gasteiger partial charge < -0.3 is 20.9 Å². The predicted molar refractivity (Wildman–Crippen MR) is 110 cm³/mol. The Bertz CT molecular complexity index is 1100. The third-order valence-electron chi connectivity index (χ3n) is 5.03. The number of anilines is 3. The molecule has 1 aliphatic heterocycles. The van der Waals surface area contributed by atoms with Crippen molar-refractivity contribution in [3.8, 4) is 11.3 Å². The SMILES string of the molecule is Cc1c(N)cncc1-c1cc2cc(NC(=O)O[C@]3(C)CCOC3)ncc2c(N)n1. The normalized spacial score (nSPS) is 18.7. The first kappa shape index (κ1) is 18.9. The number of ether oxygens (including phenoxy) is 2. The van der Waals surface area contributed by atoms with Gasteiger partial charge >= 0.3 is 6.09 Å². The second kappa shape index (κ2) is 7.17. The standard InChI is InChI=1S/C20H22N6O3/c1-11-13(7-23-9-15(11)21)16-5-12-6-17(24-8-14(12)18(22)25-16)26-19(27)29-20(2)3-4-28-10-20/h5-9H,3-4,10,21H2,1-2H3,(H2,22,25)(H,24,26,27)/t20-/m1/s1. The number of carbonyl (C=O) groups is 1. The Balaban J connectivity index is 1.64. The van der Waals surface area contributed by atoms with Gasteiger partial charge in [0.1, 0.15) is 17.2 Å². The fourth-order valence-corrected chi connectivity index (χ4v) is 3.26. The number of amides is 1. The first-order valence-electron chi connectivity index (χ1n) is 9.19. The van der Waals surface area contributed by atoms with E-state index in [-0.39, 0.29) is 0 Å². The van der Waals surface area contributed by atoms with Crippen LogP contribution in [0.1, 0.15) is 18.9 Å². The summed E-state index contributed by atoms with van der Waals surface area (Å²) in [6, 6.07) is 3.58. The van der Waals surface area contributed by atoms with Gasteiger partial charge in [0, 0.05) is 29.8 Å². The molecule has 0 radical (unpaired) electrons. The number of aromatic nitrogens is 3. The van der Waals surface area contributed by atoms with Crippen LogP contribution in [0.5, 0.6) is 0 Å². The van der Waals surface area contributed by atoms with E-state index >= 15 is 0 Å². The number of nitrogen functional groups attached to an aromatic ring is 2. The van der Waals surface area contributed by atoms with Crippen molar-refractivity contribution in [3.63, 3.8) is 0 Å². The maximum atomic E-state index is 12.3. The highest BCUT2D eigenvalue weighted by Gasteiger charge is 2.33. The molecule has 9 heteroatoms. The minimum Gasteiger partial charge on any atom is -0.440 e. The highest BCUT2D eigenvalue weighted by atomic mass is 16.6. The summed E-state index contributed by atoms with van der Waals surface area (Å²) in [6.07, 6.45) is 4.94. The first-order valence-corrected chi connectivity index (χ1v) is 9.19.